The summed E-state index contributed by atoms with van der Waals surface area (Å²) in [6, 6.07) is 96.9. The Hall–Kier alpha value is -10.1. The van der Waals surface area contributed by atoms with Crippen LogP contribution in [-0.2, 0) is 0 Å². The monoisotopic (exact) mass is 1050 g/mol. The first-order valence-corrected chi connectivity index (χ1v) is 28.3. The first-order chi connectivity index (χ1) is 39.9. The SMILES string of the molecule is Cc1cc(-c2ccc(-c3ccccn3)cc2)c(-c2cc(-c3ccccc3-c3ccc(-c4ccccn4)cc3)cc(-c3ccccc3-c3ccc(-c4cc(-c5ccc6c(c5)sc5cc(-c7ccccc7)ccc56)ccn4)cc3)c2)cc1C. The summed E-state index contributed by atoms with van der Waals surface area (Å²) in [5.41, 5.74) is 27.3. The van der Waals surface area contributed by atoms with Crippen molar-refractivity contribution in [3.05, 3.63) is 297 Å². The van der Waals surface area contributed by atoms with Gasteiger partial charge >= 0.3 is 0 Å². The second-order valence-corrected chi connectivity index (χ2v) is 21.9. The van der Waals surface area contributed by atoms with Crippen molar-refractivity contribution in [3.63, 3.8) is 0 Å². The molecular weight excluding hydrogens is 999 g/mol. The van der Waals surface area contributed by atoms with Crippen LogP contribution in [0.25, 0.3) is 143 Å². The highest BCUT2D eigenvalue weighted by molar-refractivity contribution is 7.25. The predicted octanol–water partition coefficient (Wildman–Crippen LogP) is 21.2. The van der Waals surface area contributed by atoms with Gasteiger partial charge in [0, 0.05) is 55.5 Å². The third-order valence-corrected chi connectivity index (χ3v) is 16.9. The van der Waals surface area contributed by atoms with Gasteiger partial charge < -0.3 is 0 Å². The maximum absolute atomic E-state index is 4.92. The van der Waals surface area contributed by atoms with E-state index in [2.05, 4.69) is 266 Å². The molecule has 4 heteroatoms. The lowest BCUT2D eigenvalue weighted by atomic mass is 9.85. The highest BCUT2D eigenvalue weighted by Crippen LogP contribution is 2.44. The maximum Gasteiger partial charge on any atom is 0.0708 e. The van der Waals surface area contributed by atoms with E-state index in [9.17, 15) is 0 Å². The summed E-state index contributed by atoms with van der Waals surface area (Å²) >= 11 is 1.86. The van der Waals surface area contributed by atoms with Gasteiger partial charge in [0.05, 0.1) is 17.1 Å². The topological polar surface area (TPSA) is 38.7 Å². The Balaban J connectivity index is 0.842. The molecule has 81 heavy (non-hydrogen) atoms. The molecule has 0 fully saturated rings. The molecule has 0 aliphatic heterocycles. The van der Waals surface area contributed by atoms with Crippen molar-refractivity contribution in [2.45, 2.75) is 13.8 Å². The number of hydrogen-bond acceptors (Lipinski definition) is 4. The second-order valence-electron chi connectivity index (χ2n) is 20.9. The van der Waals surface area contributed by atoms with Gasteiger partial charge in [-0.2, -0.15) is 0 Å². The van der Waals surface area contributed by atoms with Crippen LogP contribution >= 0.6 is 11.3 Å². The fraction of sp³-hybridized carbons (Fsp3) is 0.0260. The minimum Gasteiger partial charge on any atom is -0.256 e. The molecule has 0 saturated carbocycles. The van der Waals surface area contributed by atoms with Crippen LogP contribution in [0.3, 0.4) is 0 Å². The summed E-state index contributed by atoms with van der Waals surface area (Å²) in [5.74, 6) is 0. The molecule has 3 nitrogen and oxygen atoms in total. The third-order valence-electron chi connectivity index (χ3n) is 15.8. The lowest BCUT2D eigenvalue weighted by Crippen LogP contribution is -1.94. The smallest absolute Gasteiger partial charge is 0.0708 e. The number of rotatable bonds is 11. The highest BCUT2D eigenvalue weighted by Gasteiger charge is 2.19. The van der Waals surface area contributed by atoms with Crippen LogP contribution in [0.2, 0.25) is 0 Å². The summed E-state index contributed by atoms with van der Waals surface area (Å²) in [6.45, 7) is 4.43. The van der Waals surface area contributed by atoms with Gasteiger partial charge in [0.2, 0.25) is 0 Å². The molecule has 0 amide bonds. The largest absolute Gasteiger partial charge is 0.256 e. The predicted molar refractivity (Wildman–Crippen MR) is 342 cm³/mol. The fourth-order valence-electron chi connectivity index (χ4n) is 11.4. The molecule has 0 aliphatic rings. The summed E-state index contributed by atoms with van der Waals surface area (Å²) in [4.78, 5) is 14.2. The number of fused-ring (bicyclic) bond motifs is 3. The van der Waals surface area contributed by atoms with E-state index in [1.54, 1.807) is 0 Å². The van der Waals surface area contributed by atoms with Crippen LogP contribution in [0.15, 0.2) is 286 Å². The number of aryl methyl sites for hydroxylation is 2. The lowest BCUT2D eigenvalue weighted by Gasteiger charge is -2.19. The van der Waals surface area contributed by atoms with Crippen LogP contribution in [0.5, 0.6) is 0 Å². The number of pyridine rings is 3. The second kappa shape index (κ2) is 21.3. The average Bonchev–Trinajstić information content (AvgIpc) is 3.96. The van der Waals surface area contributed by atoms with Gasteiger partial charge in [0.1, 0.15) is 0 Å². The van der Waals surface area contributed by atoms with Gasteiger partial charge in [-0.25, -0.2) is 0 Å². The van der Waals surface area contributed by atoms with Crippen molar-refractivity contribution in [2.75, 3.05) is 0 Å². The van der Waals surface area contributed by atoms with Crippen molar-refractivity contribution in [3.8, 4) is 123 Å². The van der Waals surface area contributed by atoms with Crippen LogP contribution < -0.4 is 0 Å². The highest BCUT2D eigenvalue weighted by atomic mass is 32.1. The van der Waals surface area contributed by atoms with Crippen molar-refractivity contribution in [2.24, 2.45) is 0 Å². The minimum atomic E-state index is 0.939. The van der Waals surface area contributed by atoms with Gasteiger partial charge in [-0.15, -0.1) is 11.3 Å². The van der Waals surface area contributed by atoms with E-state index in [4.69, 9.17) is 4.98 Å². The molecule has 0 spiro atoms. The molecule has 10 aromatic carbocycles. The Morgan fingerprint density at radius 1 is 0.222 bits per heavy atom. The molecule has 14 rings (SSSR count). The van der Waals surface area contributed by atoms with Crippen molar-refractivity contribution >= 4 is 31.5 Å². The molecule has 0 N–H and O–H groups in total. The van der Waals surface area contributed by atoms with Crippen LogP contribution in [0, 0.1) is 13.8 Å². The van der Waals surface area contributed by atoms with Gasteiger partial charge in [-0.3, -0.25) is 15.0 Å². The van der Waals surface area contributed by atoms with E-state index in [1.807, 2.05) is 54.2 Å². The minimum absolute atomic E-state index is 0.939. The summed E-state index contributed by atoms with van der Waals surface area (Å²) in [5, 5.41) is 2.59. The summed E-state index contributed by atoms with van der Waals surface area (Å²) < 4.78 is 2.58. The molecule has 14 aromatic rings. The van der Waals surface area contributed by atoms with Gasteiger partial charge in [-0.1, -0.05) is 200 Å². The first-order valence-electron chi connectivity index (χ1n) is 27.5. The quantitative estimate of drug-likeness (QED) is 0.130. The summed E-state index contributed by atoms with van der Waals surface area (Å²) in [6.07, 6.45) is 5.64. The molecule has 4 aromatic heterocycles. The Bertz CT molecular complexity index is 4600. The van der Waals surface area contributed by atoms with E-state index < -0.39 is 0 Å². The molecular formula is C77H53N3S. The van der Waals surface area contributed by atoms with E-state index >= 15 is 0 Å². The summed E-state index contributed by atoms with van der Waals surface area (Å²) in [7, 11) is 0. The number of thiophene rings is 1. The van der Waals surface area contributed by atoms with Gasteiger partial charge in [-0.05, 0) is 181 Å². The first kappa shape index (κ1) is 49.2. The molecule has 0 aliphatic carbocycles. The van der Waals surface area contributed by atoms with Crippen LogP contribution in [0.1, 0.15) is 11.1 Å². The maximum atomic E-state index is 4.92. The fourth-order valence-corrected chi connectivity index (χ4v) is 12.6. The number of nitrogens with zero attached hydrogens (tertiary/aromatic N) is 3. The Morgan fingerprint density at radius 2 is 0.580 bits per heavy atom. The van der Waals surface area contributed by atoms with E-state index in [1.165, 1.54) is 64.7 Å². The van der Waals surface area contributed by atoms with Gasteiger partial charge in [0.25, 0.3) is 0 Å². The van der Waals surface area contributed by atoms with E-state index in [-0.39, 0.29) is 0 Å². The van der Waals surface area contributed by atoms with Crippen molar-refractivity contribution in [1.82, 2.24) is 15.0 Å². The normalized spacial score (nSPS) is 11.3. The van der Waals surface area contributed by atoms with E-state index in [0.717, 1.165) is 89.4 Å². The number of hydrogen-bond donors (Lipinski definition) is 0. The molecule has 382 valence electrons. The Morgan fingerprint density at radius 3 is 1.06 bits per heavy atom. The zero-order valence-corrected chi connectivity index (χ0v) is 45.7. The van der Waals surface area contributed by atoms with E-state index in [0.29, 0.717) is 0 Å². The third kappa shape index (κ3) is 9.73. The molecule has 0 radical (unpaired) electrons. The zero-order valence-electron chi connectivity index (χ0n) is 44.9. The van der Waals surface area contributed by atoms with Crippen LogP contribution in [-0.4, -0.2) is 15.0 Å². The van der Waals surface area contributed by atoms with Crippen molar-refractivity contribution in [1.29, 1.82) is 0 Å². The molecule has 4 heterocycles. The van der Waals surface area contributed by atoms with Crippen molar-refractivity contribution < 1.29 is 0 Å². The van der Waals surface area contributed by atoms with Crippen LogP contribution in [0.4, 0.5) is 0 Å². The standard InChI is InChI=1S/C77H53N3S/c1-50-42-71(55-26-30-57(31-27-55)74-21-11-13-40-79-74)72(43-51(50)2)64-45-62(67-18-8-6-16-65(67)53-22-28-56(29-23-53)73-20-10-12-39-78-73)44-63(46-64)68-19-9-7-17-66(68)54-24-32-58(33-25-54)75-47-61(38-41-80-75)60-35-37-70-69-36-34-59(52-14-4-3-5-15-52)48-76(69)81-77(70)49-60/h3-49H,1-2H3. The lowest BCUT2D eigenvalue weighted by molar-refractivity contribution is 1.32. The molecule has 0 unspecified atom stereocenters. The average molecular weight is 1050 g/mol. The number of aromatic nitrogens is 3. The number of benzene rings is 10. The molecule has 0 atom stereocenters. The molecule has 0 saturated heterocycles. The Kier molecular flexibility index (Phi) is 12.9. The van der Waals surface area contributed by atoms with Gasteiger partial charge in [0.15, 0.2) is 0 Å². The Labute approximate surface area is 476 Å². The molecule has 0 bridgehead atoms. The zero-order chi connectivity index (χ0) is 54.2.